The Morgan fingerprint density at radius 1 is 0.851 bits per heavy atom. The van der Waals surface area contributed by atoms with E-state index >= 15 is 0 Å². The molecule has 0 aliphatic rings. The van der Waals surface area contributed by atoms with Crippen molar-refractivity contribution in [3.63, 3.8) is 0 Å². The van der Waals surface area contributed by atoms with E-state index in [9.17, 15) is 48.8 Å². The van der Waals surface area contributed by atoms with Gasteiger partial charge in [-0.1, -0.05) is 30.3 Å². The van der Waals surface area contributed by atoms with Crippen LogP contribution < -0.4 is 5.32 Å². The number of amides is 1. The van der Waals surface area contributed by atoms with Crippen molar-refractivity contribution >= 4 is 80.0 Å². The minimum atomic E-state index is -4.93. The molecule has 5 N–H and O–H groups in total. The van der Waals surface area contributed by atoms with Crippen molar-refractivity contribution in [2.45, 2.75) is 40.7 Å². The SMILES string of the molecule is Cc1ccc2nc(-c3ccc(N=NC(C(=O)Nc4ccc(S(=O)(=O)O)c5ccccc45)C(C)O)cc3S(=O)(=O)O)sc2c1S(=O)(=O)O. The van der Waals surface area contributed by atoms with Gasteiger partial charge in [0.25, 0.3) is 36.3 Å². The highest BCUT2D eigenvalue weighted by Gasteiger charge is 2.27. The van der Waals surface area contributed by atoms with Gasteiger partial charge in [0.2, 0.25) is 0 Å². The number of nitrogens with one attached hydrogen (secondary N) is 1. The molecule has 0 aliphatic carbocycles. The number of aryl methyl sites for hydroxylation is 1. The number of azo groups is 1. The molecule has 0 saturated heterocycles. The van der Waals surface area contributed by atoms with Crippen LogP contribution in [0.4, 0.5) is 11.4 Å². The standard InChI is InChI=1S/C28H24N4O11S4/c1-14-7-10-21-25(26(14)47(41,42)43)44-28(30-21)19-9-8-16(13-23(19)46(38,39)40)31-32-24(15(2)33)27(34)29-20-11-12-22(45(35,36)37)18-6-4-3-5-17(18)20/h3-13,15,24,33H,1-2H3,(H,29,34)(H,35,36,37)(H,38,39,40)(H,41,42,43). The number of hydrogen-bond donors (Lipinski definition) is 5. The number of carbonyl (C=O) groups excluding carboxylic acids is 1. The van der Waals surface area contributed by atoms with Gasteiger partial charge in [0.15, 0.2) is 6.04 Å². The predicted molar refractivity (Wildman–Crippen MR) is 172 cm³/mol. The summed E-state index contributed by atoms with van der Waals surface area (Å²) in [5.74, 6) is -0.862. The summed E-state index contributed by atoms with van der Waals surface area (Å²) in [7, 11) is -14.2. The zero-order valence-corrected chi connectivity index (χ0v) is 27.4. The Kier molecular flexibility index (Phi) is 9.03. The average Bonchev–Trinajstić information content (AvgIpc) is 3.39. The molecule has 0 radical (unpaired) electrons. The van der Waals surface area contributed by atoms with Crippen molar-refractivity contribution < 1.29 is 48.8 Å². The first kappa shape index (κ1) is 34.1. The average molecular weight is 721 g/mol. The van der Waals surface area contributed by atoms with Crippen LogP contribution in [0.1, 0.15) is 12.5 Å². The minimum Gasteiger partial charge on any atom is -0.391 e. The second-order valence-electron chi connectivity index (χ2n) is 10.2. The van der Waals surface area contributed by atoms with E-state index in [-0.39, 0.29) is 58.3 Å². The van der Waals surface area contributed by atoms with Crippen molar-refractivity contribution in [1.29, 1.82) is 0 Å². The summed E-state index contributed by atoms with van der Waals surface area (Å²) in [6.07, 6.45) is -1.41. The largest absolute Gasteiger partial charge is 0.391 e. The molecule has 1 heterocycles. The van der Waals surface area contributed by atoms with Gasteiger partial charge in [-0.25, -0.2) is 4.98 Å². The highest BCUT2D eigenvalue weighted by molar-refractivity contribution is 7.86. The van der Waals surface area contributed by atoms with Crippen LogP contribution in [0, 0.1) is 6.92 Å². The number of aliphatic hydroxyl groups excluding tert-OH is 1. The lowest BCUT2D eigenvalue weighted by molar-refractivity contribution is -0.119. The number of fused-ring (bicyclic) bond motifs is 2. The zero-order chi connectivity index (χ0) is 34.5. The van der Waals surface area contributed by atoms with Gasteiger partial charge in [-0.3, -0.25) is 18.5 Å². The lowest BCUT2D eigenvalue weighted by Gasteiger charge is -2.16. The van der Waals surface area contributed by atoms with E-state index in [1.807, 2.05) is 0 Å². The first-order valence-corrected chi connectivity index (χ1v) is 18.4. The smallest absolute Gasteiger partial charge is 0.296 e. The maximum atomic E-state index is 13.2. The second-order valence-corrected chi connectivity index (χ2v) is 15.4. The van der Waals surface area contributed by atoms with Gasteiger partial charge in [0.05, 0.1) is 22.0 Å². The molecule has 4 aromatic carbocycles. The van der Waals surface area contributed by atoms with Crippen LogP contribution in [0.5, 0.6) is 0 Å². The molecule has 1 amide bonds. The molecule has 2 atom stereocenters. The summed E-state index contributed by atoms with van der Waals surface area (Å²) < 4.78 is 102. The maximum absolute atomic E-state index is 13.2. The minimum absolute atomic E-state index is 0.0000848. The number of benzene rings is 4. The van der Waals surface area contributed by atoms with Gasteiger partial charge < -0.3 is 10.4 Å². The third kappa shape index (κ3) is 7.06. The number of nitrogens with zero attached hydrogens (tertiary/aromatic N) is 3. The first-order valence-electron chi connectivity index (χ1n) is 13.2. The molecule has 5 aromatic rings. The van der Waals surface area contributed by atoms with E-state index in [4.69, 9.17) is 0 Å². The van der Waals surface area contributed by atoms with Crippen molar-refractivity contribution in [3.8, 4) is 10.6 Å². The topological polar surface area (TPSA) is 250 Å². The quantitative estimate of drug-likeness (QED) is 0.103. The highest BCUT2D eigenvalue weighted by atomic mass is 32.2. The highest BCUT2D eigenvalue weighted by Crippen LogP contribution is 2.39. The molecule has 246 valence electrons. The fourth-order valence-electron chi connectivity index (χ4n) is 4.77. The molecule has 2 unspecified atom stereocenters. The van der Waals surface area contributed by atoms with Gasteiger partial charge in [0.1, 0.15) is 19.7 Å². The number of hydrogen-bond acceptors (Lipinski definition) is 12. The van der Waals surface area contributed by atoms with Crippen molar-refractivity contribution in [1.82, 2.24) is 4.98 Å². The van der Waals surface area contributed by atoms with E-state index in [0.29, 0.717) is 0 Å². The third-order valence-electron chi connectivity index (χ3n) is 6.88. The molecular weight excluding hydrogens is 697 g/mol. The lowest BCUT2D eigenvalue weighted by Crippen LogP contribution is -2.34. The fraction of sp³-hybridized carbons (Fsp3) is 0.143. The molecule has 0 aliphatic heterocycles. The van der Waals surface area contributed by atoms with Gasteiger partial charge in [-0.2, -0.15) is 35.5 Å². The van der Waals surface area contributed by atoms with Crippen LogP contribution in [0.15, 0.2) is 91.6 Å². The molecule has 1 aromatic heterocycles. The maximum Gasteiger partial charge on any atom is 0.296 e. The van der Waals surface area contributed by atoms with E-state index in [1.165, 1.54) is 62.4 Å². The summed E-state index contributed by atoms with van der Waals surface area (Å²) in [6.45, 7) is 2.72. The Balaban J connectivity index is 1.50. The van der Waals surface area contributed by atoms with Crippen LogP contribution in [0.25, 0.3) is 31.6 Å². The van der Waals surface area contributed by atoms with Crippen molar-refractivity contribution in [2.75, 3.05) is 5.32 Å². The molecule has 0 saturated carbocycles. The monoisotopic (exact) mass is 720 g/mol. The summed E-state index contributed by atoms with van der Waals surface area (Å²) >= 11 is 0.771. The molecule has 19 heteroatoms. The molecular formula is C28H24N4O11S4. The number of rotatable bonds is 9. The molecule has 47 heavy (non-hydrogen) atoms. The van der Waals surface area contributed by atoms with Crippen LogP contribution in [-0.4, -0.2) is 67.1 Å². The number of aliphatic hydroxyl groups is 1. The van der Waals surface area contributed by atoms with Crippen LogP contribution in [0.2, 0.25) is 0 Å². The summed E-state index contributed by atoms with van der Waals surface area (Å²) in [6, 6.07) is 13.2. The Labute approximate surface area is 271 Å². The number of carbonyl (C=O) groups is 1. The summed E-state index contributed by atoms with van der Waals surface area (Å²) in [5.41, 5.74) is 0.260. The number of anilines is 1. The van der Waals surface area contributed by atoms with Crippen LogP contribution in [0.3, 0.4) is 0 Å². The summed E-state index contributed by atoms with van der Waals surface area (Å²) in [5, 5.41) is 21.0. The van der Waals surface area contributed by atoms with Crippen LogP contribution >= 0.6 is 11.3 Å². The Bertz CT molecular complexity index is 2440. The predicted octanol–water partition coefficient (Wildman–Crippen LogP) is 4.64. The normalized spacial score (nSPS) is 14.1. The lowest BCUT2D eigenvalue weighted by atomic mass is 10.1. The molecule has 5 rings (SSSR count). The van der Waals surface area contributed by atoms with Gasteiger partial charge in [-0.05, 0) is 55.8 Å². The Morgan fingerprint density at radius 2 is 1.51 bits per heavy atom. The zero-order valence-electron chi connectivity index (χ0n) is 24.1. The van der Waals surface area contributed by atoms with E-state index in [0.717, 1.165) is 23.5 Å². The van der Waals surface area contributed by atoms with Gasteiger partial charge in [0, 0.05) is 22.0 Å². The number of thiazole rings is 1. The van der Waals surface area contributed by atoms with Gasteiger partial charge >= 0.3 is 0 Å². The van der Waals surface area contributed by atoms with Gasteiger partial charge in [-0.15, -0.1) is 11.3 Å². The fourth-order valence-corrected chi connectivity index (χ4v) is 8.60. The third-order valence-corrected chi connectivity index (χ3v) is 11.0. The van der Waals surface area contributed by atoms with Crippen molar-refractivity contribution in [2.24, 2.45) is 10.2 Å². The van der Waals surface area contributed by atoms with E-state index < -0.39 is 53.3 Å². The van der Waals surface area contributed by atoms with Crippen LogP contribution in [-0.2, 0) is 35.1 Å². The first-order chi connectivity index (χ1) is 21.9. The molecule has 0 spiro atoms. The molecule has 15 nitrogen and oxygen atoms in total. The number of aromatic nitrogens is 1. The molecule has 0 fully saturated rings. The van der Waals surface area contributed by atoms with E-state index in [1.54, 1.807) is 6.07 Å². The van der Waals surface area contributed by atoms with Crippen molar-refractivity contribution in [3.05, 3.63) is 72.3 Å². The Hall–Kier alpha value is -4.21. The summed E-state index contributed by atoms with van der Waals surface area (Å²) in [4.78, 5) is 16.0. The van der Waals surface area contributed by atoms with E-state index in [2.05, 4.69) is 20.5 Å². The Morgan fingerprint density at radius 3 is 2.13 bits per heavy atom. The second kappa shape index (κ2) is 12.4. The molecule has 0 bridgehead atoms.